The van der Waals surface area contributed by atoms with Crippen LogP contribution in [0.15, 0.2) is 0 Å². The Morgan fingerprint density at radius 2 is 1.62 bits per heavy atom. The van der Waals surface area contributed by atoms with Gasteiger partial charge in [-0.3, -0.25) is 4.79 Å². The Morgan fingerprint density at radius 3 is 1.62 bits per heavy atom. The van der Waals surface area contributed by atoms with Gasteiger partial charge in [0.25, 0.3) is 0 Å². The van der Waals surface area contributed by atoms with Gasteiger partial charge in [0.15, 0.2) is 0 Å². The standard InChI is InChI=1S/C5H11NO2.C4H10O/c1-3(2)4(6)5(7)8;1-4(2)3-5/h3-4H,6H2,1-2H3,(H,7,8);4-5H,3H2,1-2H3/t4-;/m0./s1. The number of carbonyl (C=O) groups is 1. The predicted molar refractivity (Wildman–Crippen MR) is 52.4 cm³/mol. The van der Waals surface area contributed by atoms with E-state index in [1.807, 2.05) is 13.8 Å². The van der Waals surface area contributed by atoms with Crippen molar-refractivity contribution in [2.24, 2.45) is 17.6 Å². The van der Waals surface area contributed by atoms with Crippen molar-refractivity contribution in [3.8, 4) is 0 Å². The number of rotatable bonds is 3. The van der Waals surface area contributed by atoms with Crippen molar-refractivity contribution in [2.45, 2.75) is 33.7 Å². The van der Waals surface area contributed by atoms with Crippen LogP contribution in [0.3, 0.4) is 0 Å². The first-order valence-corrected chi connectivity index (χ1v) is 4.42. The Hall–Kier alpha value is -0.610. The zero-order valence-corrected chi connectivity index (χ0v) is 8.82. The summed E-state index contributed by atoms with van der Waals surface area (Å²) in [6.07, 6.45) is 0. The molecular formula is C9H21NO3. The first-order valence-electron chi connectivity index (χ1n) is 4.42. The van der Waals surface area contributed by atoms with Gasteiger partial charge in [-0.25, -0.2) is 0 Å². The molecule has 0 aromatic rings. The molecule has 0 aromatic heterocycles. The topological polar surface area (TPSA) is 83.5 Å². The van der Waals surface area contributed by atoms with Gasteiger partial charge in [-0.2, -0.15) is 0 Å². The van der Waals surface area contributed by atoms with E-state index in [4.69, 9.17) is 15.9 Å². The lowest BCUT2D eigenvalue weighted by Crippen LogP contribution is -2.34. The number of hydrogen-bond donors (Lipinski definition) is 3. The van der Waals surface area contributed by atoms with Gasteiger partial charge in [0, 0.05) is 6.61 Å². The van der Waals surface area contributed by atoms with Gasteiger partial charge < -0.3 is 15.9 Å². The maximum absolute atomic E-state index is 10.0. The third-order valence-corrected chi connectivity index (χ3v) is 1.37. The van der Waals surface area contributed by atoms with Gasteiger partial charge in [-0.1, -0.05) is 27.7 Å². The van der Waals surface area contributed by atoms with E-state index in [0.717, 1.165) is 0 Å². The van der Waals surface area contributed by atoms with Crippen molar-refractivity contribution in [2.75, 3.05) is 6.61 Å². The minimum absolute atomic E-state index is 0.0208. The Bertz CT molecular complexity index is 135. The van der Waals surface area contributed by atoms with Gasteiger partial charge in [0.2, 0.25) is 0 Å². The van der Waals surface area contributed by atoms with Crippen LogP contribution < -0.4 is 5.73 Å². The molecule has 13 heavy (non-hydrogen) atoms. The number of carboxylic acids is 1. The largest absolute Gasteiger partial charge is 0.480 e. The smallest absolute Gasteiger partial charge is 0.320 e. The minimum Gasteiger partial charge on any atom is -0.480 e. The number of carboxylic acid groups (broad SMARTS) is 1. The molecule has 0 rings (SSSR count). The summed E-state index contributed by atoms with van der Waals surface area (Å²) in [6, 6.07) is -0.713. The normalized spacial score (nSPS) is 12.3. The van der Waals surface area contributed by atoms with Gasteiger partial charge in [-0.15, -0.1) is 0 Å². The lowest BCUT2D eigenvalue weighted by atomic mass is 10.1. The first-order chi connectivity index (χ1) is 5.82. The average molecular weight is 191 g/mol. The van der Waals surface area contributed by atoms with Crippen LogP contribution in [0.5, 0.6) is 0 Å². The van der Waals surface area contributed by atoms with Crippen LogP contribution in [-0.4, -0.2) is 28.8 Å². The summed E-state index contributed by atoms with van der Waals surface area (Å²) in [5.41, 5.74) is 5.16. The monoisotopic (exact) mass is 191 g/mol. The van der Waals surface area contributed by atoms with E-state index in [1.54, 1.807) is 13.8 Å². The van der Waals surface area contributed by atoms with E-state index in [0.29, 0.717) is 12.5 Å². The quantitative estimate of drug-likeness (QED) is 0.613. The molecule has 4 nitrogen and oxygen atoms in total. The third-order valence-electron chi connectivity index (χ3n) is 1.37. The number of aliphatic hydroxyl groups is 1. The second-order valence-corrected chi connectivity index (χ2v) is 3.68. The molecule has 0 saturated heterocycles. The lowest BCUT2D eigenvalue weighted by molar-refractivity contribution is -0.139. The molecule has 4 N–H and O–H groups in total. The predicted octanol–water partition coefficient (Wildman–Crippen LogP) is 0.689. The van der Waals surface area contributed by atoms with Gasteiger partial charge in [-0.05, 0) is 11.8 Å². The molecule has 0 radical (unpaired) electrons. The fourth-order valence-corrected chi connectivity index (χ4v) is 0.285. The molecule has 80 valence electrons. The summed E-state index contributed by atoms with van der Waals surface area (Å²) in [5.74, 6) is -0.470. The molecule has 0 aliphatic rings. The lowest BCUT2D eigenvalue weighted by Gasteiger charge is -2.07. The summed E-state index contributed by atoms with van der Waals surface area (Å²) in [4.78, 5) is 10.0. The van der Waals surface area contributed by atoms with Crippen molar-refractivity contribution < 1.29 is 15.0 Å². The van der Waals surface area contributed by atoms with E-state index in [2.05, 4.69) is 0 Å². The molecule has 0 spiro atoms. The fourth-order valence-electron chi connectivity index (χ4n) is 0.285. The summed E-state index contributed by atoms with van der Waals surface area (Å²) in [6.45, 7) is 7.80. The molecule has 0 aliphatic carbocycles. The van der Waals surface area contributed by atoms with E-state index in [9.17, 15) is 4.79 Å². The van der Waals surface area contributed by atoms with Crippen LogP contribution in [0.2, 0.25) is 0 Å². The van der Waals surface area contributed by atoms with E-state index >= 15 is 0 Å². The number of hydrogen-bond acceptors (Lipinski definition) is 3. The van der Waals surface area contributed by atoms with Crippen LogP contribution >= 0.6 is 0 Å². The maximum atomic E-state index is 10.0. The molecule has 0 bridgehead atoms. The summed E-state index contributed by atoms with van der Waals surface area (Å²) < 4.78 is 0. The number of aliphatic carboxylic acids is 1. The van der Waals surface area contributed by atoms with Crippen LogP contribution in [-0.2, 0) is 4.79 Å². The van der Waals surface area contributed by atoms with Crippen LogP contribution in [0.25, 0.3) is 0 Å². The zero-order valence-electron chi connectivity index (χ0n) is 8.82. The van der Waals surface area contributed by atoms with Crippen LogP contribution in [0, 0.1) is 11.8 Å². The van der Waals surface area contributed by atoms with Crippen LogP contribution in [0.1, 0.15) is 27.7 Å². The SMILES string of the molecule is CC(C)CO.CC(C)[C@H](N)C(=O)O. The third kappa shape index (κ3) is 11.4. The highest BCUT2D eigenvalue weighted by Crippen LogP contribution is 1.96. The molecule has 4 heteroatoms. The highest BCUT2D eigenvalue weighted by atomic mass is 16.4. The highest BCUT2D eigenvalue weighted by molar-refractivity contribution is 5.73. The second kappa shape index (κ2) is 8.01. The van der Waals surface area contributed by atoms with Gasteiger partial charge in [0.05, 0.1) is 0 Å². The summed E-state index contributed by atoms with van der Waals surface area (Å²) >= 11 is 0. The van der Waals surface area contributed by atoms with Gasteiger partial charge in [0.1, 0.15) is 6.04 Å². The molecule has 0 unspecified atom stereocenters. The molecule has 0 amide bonds. The molecule has 0 saturated carbocycles. The average Bonchev–Trinajstić information content (AvgIpc) is 2.03. The number of nitrogens with two attached hydrogens (primary N) is 1. The zero-order chi connectivity index (χ0) is 11.0. The van der Waals surface area contributed by atoms with E-state index < -0.39 is 12.0 Å². The Kier molecular flexibility index (Phi) is 9.17. The summed E-state index contributed by atoms with van der Waals surface area (Å²) in [5, 5.41) is 16.4. The van der Waals surface area contributed by atoms with Crippen molar-refractivity contribution in [3.63, 3.8) is 0 Å². The first kappa shape index (κ1) is 14.9. The Labute approximate surface area is 79.8 Å². The molecule has 0 fully saturated rings. The summed E-state index contributed by atoms with van der Waals surface area (Å²) in [7, 11) is 0. The Balaban J connectivity index is 0. The van der Waals surface area contributed by atoms with Crippen molar-refractivity contribution >= 4 is 5.97 Å². The van der Waals surface area contributed by atoms with E-state index in [-0.39, 0.29) is 5.92 Å². The molecule has 0 aromatic carbocycles. The molecular weight excluding hydrogens is 170 g/mol. The highest BCUT2D eigenvalue weighted by Gasteiger charge is 2.14. The molecule has 1 atom stereocenters. The fraction of sp³-hybridized carbons (Fsp3) is 0.889. The van der Waals surface area contributed by atoms with Crippen molar-refractivity contribution in [3.05, 3.63) is 0 Å². The number of aliphatic hydroxyl groups excluding tert-OH is 1. The second-order valence-electron chi connectivity index (χ2n) is 3.68. The Morgan fingerprint density at radius 1 is 1.31 bits per heavy atom. The minimum atomic E-state index is -0.931. The van der Waals surface area contributed by atoms with Crippen LogP contribution in [0.4, 0.5) is 0 Å². The molecule has 0 heterocycles. The van der Waals surface area contributed by atoms with Crippen molar-refractivity contribution in [1.82, 2.24) is 0 Å². The maximum Gasteiger partial charge on any atom is 0.320 e. The van der Waals surface area contributed by atoms with Gasteiger partial charge >= 0.3 is 5.97 Å². The van der Waals surface area contributed by atoms with Crippen molar-refractivity contribution in [1.29, 1.82) is 0 Å². The van der Waals surface area contributed by atoms with E-state index in [1.165, 1.54) is 0 Å². The molecule has 0 aliphatic heterocycles.